The maximum atomic E-state index is 6.69. The van der Waals surface area contributed by atoms with Crippen molar-refractivity contribution in [2.45, 2.75) is 44.4 Å². The van der Waals surface area contributed by atoms with Crippen molar-refractivity contribution in [3.05, 3.63) is 57.6 Å². The summed E-state index contributed by atoms with van der Waals surface area (Å²) in [5.74, 6) is 1.61. The molecule has 0 bridgehead atoms. The fourth-order valence-corrected chi connectivity index (χ4v) is 5.58. The third-order valence-electron chi connectivity index (χ3n) is 6.62. The molecule has 0 aromatic heterocycles. The summed E-state index contributed by atoms with van der Waals surface area (Å²) >= 11 is 13.0. The quantitative estimate of drug-likeness (QED) is 0.583. The molecule has 0 saturated carbocycles. The standard InChI is InChI=1S/C24H27Cl2N3O2/c1-3-10-28-11-8-24(9-12-28)29-22(19-13-17(25)14-20(26)23(19)31-24)15-21(27-29)16-4-6-18(30-2)7-5-16/h4-7,13-14,22H,3,8-12,15H2,1-2H3/t22-/m0/s1. The summed E-state index contributed by atoms with van der Waals surface area (Å²) in [4.78, 5) is 2.51. The number of benzene rings is 2. The lowest BCUT2D eigenvalue weighted by molar-refractivity contribution is -0.149. The molecule has 7 heteroatoms. The van der Waals surface area contributed by atoms with E-state index in [1.54, 1.807) is 13.2 Å². The average molecular weight is 460 g/mol. The zero-order valence-corrected chi connectivity index (χ0v) is 19.4. The molecule has 0 aliphatic carbocycles. The van der Waals surface area contributed by atoms with Gasteiger partial charge in [0.2, 0.25) is 5.72 Å². The number of ether oxygens (including phenoxy) is 2. The Kier molecular flexibility index (Phi) is 5.53. The number of hydrazone groups is 1. The van der Waals surface area contributed by atoms with Crippen molar-refractivity contribution in [3.8, 4) is 11.5 Å². The molecule has 0 unspecified atom stereocenters. The average Bonchev–Trinajstić information content (AvgIpc) is 3.24. The minimum atomic E-state index is -0.479. The highest BCUT2D eigenvalue weighted by molar-refractivity contribution is 6.35. The molecule has 31 heavy (non-hydrogen) atoms. The fourth-order valence-electron chi connectivity index (χ4n) is 5.03. The second-order valence-electron chi connectivity index (χ2n) is 8.54. The molecule has 1 saturated heterocycles. The van der Waals surface area contributed by atoms with Crippen LogP contribution in [0.2, 0.25) is 10.0 Å². The van der Waals surface area contributed by atoms with Gasteiger partial charge in [-0.2, -0.15) is 5.10 Å². The van der Waals surface area contributed by atoms with Crippen LogP contribution in [0.3, 0.4) is 0 Å². The van der Waals surface area contributed by atoms with Crippen LogP contribution in [0.25, 0.3) is 0 Å². The van der Waals surface area contributed by atoms with Crippen LogP contribution >= 0.6 is 23.2 Å². The zero-order valence-electron chi connectivity index (χ0n) is 17.9. The van der Waals surface area contributed by atoms with Crippen LogP contribution in [0.15, 0.2) is 41.5 Å². The predicted octanol–water partition coefficient (Wildman–Crippen LogP) is 5.75. The van der Waals surface area contributed by atoms with Crippen molar-refractivity contribution in [3.63, 3.8) is 0 Å². The van der Waals surface area contributed by atoms with E-state index in [0.29, 0.717) is 10.0 Å². The van der Waals surface area contributed by atoms with Gasteiger partial charge >= 0.3 is 0 Å². The summed E-state index contributed by atoms with van der Waals surface area (Å²) in [5.41, 5.74) is 2.69. The van der Waals surface area contributed by atoms with Crippen LogP contribution in [0, 0.1) is 0 Å². The van der Waals surface area contributed by atoms with Crippen molar-refractivity contribution >= 4 is 28.9 Å². The smallest absolute Gasteiger partial charge is 0.200 e. The molecule has 2 aromatic rings. The Labute approximate surface area is 193 Å². The molecule has 1 atom stereocenters. The second kappa shape index (κ2) is 8.19. The van der Waals surface area contributed by atoms with E-state index in [2.05, 4.69) is 29.0 Å². The molecule has 0 amide bonds. The Balaban J connectivity index is 1.54. The Morgan fingerprint density at radius 3 is 2.58 bits per heavy atom. The number of fused-ring (bicyclic) bond motifs is 4. The number of halogens is 2. The van der Waals surface area contributed by atoms with Gasteiger partial charge in [-0.1, -0.05) is 30.1 Å². The summed E-state index contributed by atoms with van der Waals surface area (Å²) in [7, 11) is 1.68. The Bertz CT molecular complexity index is 1000. The maximum Gasteiger partial charge on any atom is 0.200 e. The number of hydrogen-bond acceptors (Lipinski definition) is 5. The summed E-state index contributed by atoms with van der Waals surface area (Å²) in [6.07, 6.45) is 3.73. The van der Waals surface area contributed by atoms with Gasteiger partial charge in [-0.05, 0) is 54.9 Å². The first-order valence-corrected chi connectivity index (χ1v) is 11.7. The topological polar surface area (TPSA) is 37.3 Å². The lowest BCUT2D eigenvalue weighted by atomic mass is 9.90. The molecule has 2 aromatic carbocycles. The van der Waals surface area contributed by atoms with Gasteiger partial charge in [0.25, 0.3) is 0 Å². The number of methoxy groups -OCH3 is 1. The van der Waals surface area contributed by atoms with E-state index in [1.165, 1.54) is 0 Å². The molecular formula is C24H27Cl2N3O2. The van der Waals surface area contributed by atoms with Crippen LogP contribution in [0.4, 0.5) is 0 Å². The van der Waals surface area contributed by atoms with Crippen molar-refractivity contribution in [1.29, 1.82) is 0 Å². The maximum absolute atomic E-state index is 6.69. The number of rotatable bonds is 4. The predicted molar refractivity (Wildman–Crippen MR) is 125 cm³/mol. The van der Waals surface area contributed by atoms with Gasteiger partial charge in [0.15, 0.2) is 0 Å². The SMILES string of the molecule is CCCN1CCC2(CC1)Oc1c(Cl)cc(Cl)cc1[C@@H]1CC(c3ccc(OC)cc3)=NN12. The Morgan fingerprint density at radius 1 is 1.16 bits per heavy atom. The van der Waals surface area contributed by atoms with Gasteiger partial charge in [0, 0.05) is 42.9 Å². The minimum Gasteiger partial charge on any atom is -0.497 e. The summed E-state index contributed by atoms with van der Waals surface area (Å²) in [6, 6.07) is 11.9. The zero-order chi connectivity index (χ0) is 21.6. The molecule has 5 rings (SSSR count). The molecule has 164 valence electrons. The van der Waals surface area contributed by atoms with E-state index in [9.17, 15) is 0 Å². The molecule has 5 nitrogen and oxygen atoms in total. The van der Waals surface area contributed by atoms with Crippen LogP contribution in [-0.2, 0) is 0 Å². The highest BCUT2D eigenvalue weighted by Gasteiger charge is 2.52. The molecule has 3 aliphatic heterocycles. The van der Waals surface area contributed by atoms with Crippen molar-refractivity contribution in [2.75, 3.05) is 26.7 Å². The van der Waals surface area contributed by atoms with Gasteiger partial charge in [0.1, 0.15) is 11.5 Å². The first-order chi connectivity index (χ1) is 15.0. The van der Waals surface area contributed by atoms with Crippen molar-refractivity contribution in [1.82, 2.24) is 9.91 Å². The van der Waals surface area contributed by atoms with Crippen LogP contribution < -0.4 is 9.47 Å². The van der Waals surface area contributed by atoms with Crippen LogP contribution in [-0.4, -0.2) is 48.1 Å². The van der Waals surface area contributed by atoms with E-state index in [-0.39, 0.29) is 6.04 Å². The first-order valence-electron chi connectivity index (χ1n) is 10.9. The number of likely N-dealkylation sites (tertiary alicyclic amines) is 1. The number of nitrogens with zero attached hydrogens (tertiary/aromatic N) is 3. The van der Waals surface area contributed by atoms with Crippen LogP contribution in [0.5, 0.6) is 11.5 Å². The Hall–Kier alpha value is -1.95. The normalized spacial score (nSPS) is 22.0. The van der Waals surface area contributed by atoms with Crippen molar-refractivity contribution < 1.29 is 9.47 Å². The van der Waals surface area contributed by atoms with E-state index < -0.39 is 5.72 Å². The molecule has 1 spiro atoms. The third-order valence-corrected chi connectivity index (χ3v) is 7.12. The van der Waals surface area contributed by atoms with Gasteiger partial charge in [-0.3, -0.25) is 0 Å². The largest absolute Gasteiger partial charge is 0.497 e. The molecule has 0 radical (unpaired) electrons. The molecule has 3 aliphatic rings. The van der Waals surface area contributed by atoms with Gasteiger partial charge < -0.3 is 14.4 Å². The molecular weight excluding hydrogens is 433 g/mol. The molecule has 3 heterocycles. The summed E-state index contributed by atoms with van der Waals surface area (Å²) in [6.45, 7) is 5.33. The van der Waals surface area contributed by atoms with Crippen molar-refractivity contribution in [2.24, 2.45) is 5.10 Å². The molecule has 0 N–H and O–H groups in total. The summed E-state index contributed by atoms with van der Waals surface area (Å²) in [5, 5.41) is 8.52. The van der Waals surface area contributed by atoms with E-state index in [4.69, 9.17) is 37.8 Å². The van der Waals surface area contributed by atoms with E-state index in [1.807, 2.05) is 18.2 Å². The van der Waals surface area contributed by atoms with Gasteiger partial charge in [-0.15, -0.1) is 0 Å². The first kappa shape index (κ1) is 20.9. The van der Waals surface area contributed by atoms with E-state index >= 15 is 0 Å². The summed E-state index contributed by atoms with van der Waals surface area (Å²) < 4.78 is 12.0. The third kappa shape index (κ3) is 3.67. The number of hydrogen-bond donors (Lipinski definition) is 0. The van der Waals surface area contributed by atoms with Gasteiger partial charge in [0.05, 0.1) is 23.9 Å². The fraction of sp³-hybridized carbons (Fsp3) is 0.458. The second-order valence-corrected chi connectivity index (χ2v) is 9.38. The highest BCUT2D eigenvalue weighted by Crippen LogP contribution is 2.52. The lowest BCUT2D eigenvalue weighted by Gasteiger charge is -2.51. The lowest BCUT2D eigenvalue weighted by Crippen LogP contribution is -2.59. The number of piperidine rings is 1. The highest BCUT2D eigenvalue weighted by atomic mass is 35.5. The monoisotopic (exact) mass is 459 g/mol. The van der Waals surface area contributed by atoms with Gasteiger partial charge in [-0.25, -0.2) is 5.01 Å². The van der Waals surface area contributed by atoms with Crippen LogP contribution in [0.1, 0.15) is 49.8 Å². The Morgan fingerprint density at radius 2 is 1.90 bits per heavy atom. The van der Waals surface area contributed by atoms with E-state index in [0.717, 1.165) is 73.7 Å². The molecule has 1 fully saturated rings. The minimum absolute atomic E-state index is 0.0646.